The number of unbranched alkanes of at least 4 members (excludes halogenated alkanes) is 17. The third-order valence-corrected chi connectivity index (χ3v) is 9.41. The molecule has 0 aromatic rings. The number of alkyl carbamates (subject to hydrolysis) is 1. The molecule has 1 unspecified atom stereocenters. The van der Waals surface area contributed by atoms with Gasteiger partial charge in [-0.1, -0.05) is 140 Å². The zero-order valence-electron chi connectivity index (χ0n) is 35.3. The van der Waals surface area contributed by atoms with Gasteiger partial charge in [0.1, 0.15) is 0 Å². The number of ether oxygens (including phenoxy) is 3. The molecule has 312 valence electrons. The standard InChI is InChI=1S/C47H83NO6/c1-4-7-10-12-14-16-18-20-22-24-26-28-30-32-34-38-45(49)52-42-36-37-44(48-47(51)54-41-9-6-3)40-43-53-46(50)39-35-33-31-29-27-25-23-21-19-17-15-13-11-8-5-2/h14-17,20-23,44H,4-13,18-19,24-43H2,1-3H3,(H,48,51)/b16-14-,17-15-,22-20-,23-21-. The molecule has 0 bridgehead atoms. The van der Waals surface area contributed by atoms with Crippen LogP contribution in [0, 0.1) is 0 Å². The summed E-state index contributed by atoms with van der Waals surface area (Å²) in [5.41, 5.74) is 0. The van der Waals surface area contributed by atoms with Gasteiger partial charge in [0.25, 0.3) is 0 Å². The van der Waals surface area contributed by atoms with E-state index in [9.17, 15) is 14.4 Å². The Balaban J connectivity index is 4.06. The molecule has 0 aliphatic heterocycles. The van der Waals surface area contributed by atoms with Crippen LogP contribution in [0.15, 0.2) is 48.6 Å². The predicted octanol–water partition coefficient (Wildman–Crippen LogP) is 13.8. The summed E-state index contributed by atoms with van der Waals surface area (Å²) in [6, 6.07) is -0.219. The largest absolute Gasteiger partial charge is 0.466 e. The number of hydrogen-bond donors (Lipinski definition) is 1. The van der Waals surface area contributed by atoms with Gasteiger partial charge in [-0.2, -0.15) is 0 Å². The van der Waals surface area contributed by atoms with Crippen molar-refractivity contribution >= 4 is 18.0 Å². The van der Waals surface area contributed by atoms with Crippen molar-refractivity contribution in [2.24, 2.45) is 0 Å². The molecule has 54 heavy (non-hydrogen) atoms. The van der Waals surface area contributed by atoms with Crippen LogP contribution in [0.5, 0.6) is 0 Å². The van der Waals surface area contributed by atoms with Gasteiger partial charge in [-0.25, -0.2) is 4.79 Å². The van der Waals surface area contributed by atoms with Crippen LogP contribution >= 0.6 is 0 Å². The zero-order chi connectivity index (χ0) is 39.4. The van der Waals surface area contributed by atoms with Gasteiger partial charge in [0, 0.05) is 25.3 Å². The quantitative estimate of drug-likeness (QED) is 0.0291. The fraction of sp³-hybridized carbons (Fsp3) is 0.766. The van der Waals surface area contributed by atoms with Crippen molar-refractivity contribution in [3.05, 3.63) is 48.6 Å². The van der Waals surface area contributed by atoms with Crippen molar-refractivity contribution in [3.63, 3.8) is 0 Å². The first-order valence-electron chi connectivity index (χ1n) is 22.4. The number of nitrogens with one attached hydrogen (secondary N) is 1. The maximum absolute atomic E-state index is 12.3. The number of rotatable bonds is 39. The maximum atomic E-state index is 12.3. The highest BCUT2D eigenvalue weighted by Gasteiger charge is 2.15. The third kappa shape index (κ3) is 40.4. The van der Waals surface area contributed by atoms with E-state index in [1.165, 1.54) is 77.0 Å². The molecule has 1 amide bonds. The van der Waals surface area contributed by atoms with Crippen LogP contribution in [0.2, 0.25) is 0 Å². The fourth-order valence-corrected chi connectivity index (χ4v) is 5.94. The van der Waals surface area contributed by atoms with Gasteiger partial charge in [-0.15, -0.1) is 0 Å². The average Bonchev–Trinajstić information content (AvgIpc) is 3.16. The number of carbonyl (C=O) groups is 3. The molecule has 0 spiro atoms. The van der Waals surface area contributed by atoms with Crippen molar-refractivity contribution in [1.29, 1.82) is 0 Å². The van der Waals surface area contributed by atoms with Crippen molar-refractivity contribution in [2.45, 2.75) is 213 Å². The minimum absolute atomic E-state index is 0.161. The van der Waals surface area contributed by atoms with Crippen LogP contribution in [0.4, 0.5) is 4.79 Å². The normalized spacial score (nSPS) is 12.4. The summed E-state index contributed by atoms with van der Waals surface area (Å²) < 4.78 is 16.3. The molecule has 0 saturated carbocycles. The monoisotopic (exact) mass is 758 g/mol. The smallest absolute Gasteiger partial charge is 0.407 e. The minimum Gasteiger partial charge on any atom is -0.466 e. The summed E-state index contributed by atoms with van der Waals surface area (Å²) in [5, 5.41) is 2.91. The first-order valence-corrected chi connectivity index (χ1v) is 22.4. The summed E-state index contributed by atoms with van der Waals surface area (Å²) >= 11 is 0. The van der Waals surface area contributed by atoms with E-state index in [-0.39, 0.29) is 24.6 Å². The van der Waals surface area contributed by atoms with E-state index >= 15 is 0 Å². The molecule has 0 radical (unpaired) electrons. The van der Waals surface area contributed by atoms with E-state index in [1.54, 1.807) is 0 Å². The lowest BCUT2D eigenvalue weighted by atomic mass is 10.1. The molecule has 0 heterocycles. The minimum atomic E-state index is -0.455. The Morgan fingerprint density at radius 3 is 1.31 bits per heavy atom. The molecule has 0 aliphatic rings. The Bertz CT molecular complexity index is 971. The zero-order valence-corrected chi connectivity index (χ0v) is 35.3. The lowest BCUT2D eigenvalue weighted by molar-refractivity contribution is -0.145. The van der Waals surface area contributed by atoms with E-state index in [0.29, 0.717) is 45.3 Å². The van der Waals surface area contributed by atoms with E-state index < -0.39 is 6.09 Å². The van der Waals surface area contributed by atoms with Crippen LogP contribution in [0.25, 0.3) is 0 Å². The van der Waals surface area contributed by atoms with Crippen LogP contribution in [-0.4, -0.2) is 43.9 Å². The average molecular weight is 758 g/mol. The Hall–Kier alpha value is -2.83. The van der Waals surface area contributed by atoms with Gasteiger partial charge >= 0.3 is 18.0 Å². The first-order chi connectivity index (χ1) is 26.5. The highest BCUT2D eigenvalue weighted by Crippen LogP contribution is 2.12. The number of allylic oxidation sites excluding steroid dienone is 8. The predicted molar refractivity (Wildman–Crippen MR) is 228 cm³/mol. The molecule has 0 fully saturated rings. The summed E-state index contributed by atoms with van der Waals surface area (Å²) in [5.74, 6) is -0.349. The van der Waals surface area contributed by atoms with Gasteiger partial charge < -0.3 is 19.5 Å². The molecule has 0 aromatic heterocycles. The molecular formula is C47H83NO6. The molecule has 0 rings (SSSR count). The molecule has 0 aliphatic carbocycles. The highest BCUT2D eigenvalue weighted by molar-refractivity contribution is 5.69. The number of carbonyl (C=O) groups excluding carboxylic acids is 3. The van der Waals surface area contributed by atoms with Gasteiger partial charge in [-0.3, -0.25) is 9.59 Å². The van der Waals surface area contributed by atoms with E-state index in [0.717, 1.165) is 77.0 Å². The topological polar surface area (TPSA) is 90.9 Å². The van der Waals surface area contributed by atoms with Gasteiger partial charge in [0.05, 0.1) is 19.8 Å². The van der Waals surface area contributed by atoms with Crippen LogP contribution in [0.1, 0.15) is 207 Å². The second kappa shape index (κ2) is 42.9. The summed E-state index contributed by atoms with van der Waals surface area (Å²) in [6.45, 7) is 7.45. The van der Waals surface area contributed by atoms with E-state index in [4.69, 9.17) is 14.2 Å². The Labute approximate surface area is 332 Å². The molecular weight excluding hydrogens is 675 g/mol. The van der Waals surface area contributed by atoms with E-state index in [2.05, 4.69) is 67.8 Å². The highest BCUT2D eigenvalue weighted by atomic mass is 16.5. The number of esters is 2. The Kier molecular flexibility index (Phi) is 40.7. The molecule has 1 N–H and O–H groups in total. The SMILES string of the molecule is CCCCC/C=C\C/C=C\CCCCCCCC(=O)OCCCC(CCOC(=O)CCCCCCC/C=C\C/C=C\CCCCC)NC(=O)OCCCC. The van der Waals surface area contributed by atoms with Crippen LogP contribution < -0.4 is 5.32 Å². The van der Waals surface area contributed by atoms with Crippen molar-refractivity contribution in [3.8, 4) is 0 Å². The van der Waals surface area contributed by atoms with Crippen molar-refractivity contribution in [2.75, 3.05) is 19.8 Å². The Morgan fingerprint density at radius 2 is 0.833 bits per heavy atom. The second-order valence-electron chi connectivity index (χ2n) is 14.7. The lowest BCUT2D eigenvalue weighted by Crippen LogP contribution is -2.36. The Morgan fingerprint density at radius 1 is 0.426 bits per heavy atom. The number of amides is 1. The second-order valence-corrected chi connectivity index (χ2v) is 14.7. The molecule has 0 aromatic carbocycles. The van der Waals surface area contributed by atoms with Gasteiger partial charge in [-0.05, 0) is 96.3 Å². The molecule has 1 atom stereocenters. The number of hydrogen-bond acceptors (Lipinski definition) is 6. The van der Waals surface area contributed by atoms with Crippen LogP contribution in [0.3, 0.4) is 0 Å². The first kappa shape index (κ1) is 51.2. The molecule has 7 heteroatoms. The van der Waals surface area contributed by atoms with Crippen molar-refractivity contribution < 1.29 is 28.6 Å². The summed E-state index contributed by atoms with van der Waals surface area (Å²) in [7, 11) is 0. The fourth-order valence-electron chi connectivity index (χ4n) is 5.94. The van der Waals surface area contributed by atoms with E-state index in [1.807, 2.05) is 6.92 Å². The van der Waals surface area contributed by atoms with Crippen LogP contribution in [-0.2, 0) is 23.8 Å². The molecule has 0 saturated heterocycles. The summed E-state index contributed by atoms with van der Waals surface area (Å²) in [6.07, 6.45) is 47.4. The third-order valence-electron chi connectivity index (χ3n) is 9.41. The molecule has 7 nitrogen and oxygen atoms in total. The summed E-state index contributed by atoms with van der Waals surface area (Å²) in [4.78, 5) is 36.9. The van der Waals surface area contributed by atoms with Crippen molar-refractivity contribution in [1.82, 2.24) is 5.32 Å². The lowest BCUT2D eigenvalue weighted by Gasteiger charge is -2.18. The van der Waals surface area contributed by atoms with Gasteiger partial charge in [0.15, 0.2) is 0 Å². The maximum Gasteiger partial charge on any atom is 0.407 e. The van der Waals surface area contributed by atoms with Gasteiger partial charge in [0.2, 0.25) is 0 Å².